The average Bonchev–Trinajstić information content (AvgIpc) is 2.60. The number of anilines is 2. The SMILES string of the molecule is Cc1ccc(Nc2nc(C)c(C)s2)c(C#N)c1. The first-order valence-electron chi connectivity index (χ1n) is 5.32. The molecular weight excluding hydrogens is 230 g/mol. The third-order valence-corrected chi connectivity index (χ3v) is 3.55. The topological polar surface area (TPSA) is 48.7 Å². The normalized spacial score (nSPS) is 10.0. The fourth-order valence-corrected chi connectivity index (χ4v) is 2.33. The molecular formula is C13H13N3S. The maximum atomic E-state index is 9.07. The summed E-state index contributed by atoms with van der Waals surface area (Å²) >= 11 is 1.60. The highest BCUT2D eigenvalue weighted by Gasteiger charge is 2.07. The zero-order valence-corrected chi connectivity index (χ0v) is 10.9. The molecule has 0 atom stereocenters. The van der Waals surface area contributed by atoms with Crippen LogP contribution < -0.4 is 5.32 Å². The van der Waals surface area contributed by atoms with E-state index >= 15 is 0 Å². The fourth-order valence-electron chi connectivity index (χ4n) is 1.50. The summed E-state index contributed by atoms with van der Waals surface area (Å²) in [7, 11) is 0. The summed E-state index contributed by atoms with van der Waals surface area (Å²) in [6.45, 7) is 6.00. The molecule has 1 heterocycles. The maximum absolute atomic E-state index is 9.07. The molecule has 3 nitrogen and oxygen atoms in total. The van der Waals surface area contributed by atoms with Crippen LogP contribution in [0.1, 0.15) is 21.7 Å². The highest BCUT2D eigenvalue weighted by molar-refractivity contribution is 7.15. The summed E-state index contributed by atoms with van der Waals surface area (Å²) in [5.41, 5.74) is 3.57. The first-order chi connectivity index (χ1) is 8.10. The Bertz CT molecular complexity index is 574. The molecule has 0 aliphatic rings. The van der Waals surface area contributed by atoms with Gasteiger partial charge in [-0.25, -0.2) is 4.98 Å². The molecule has 1 aromatic heterocycles. The fraction of sp³-hybridized carbons (Fsp3) is 0.231. The van der Waals surface area contributed by atoms with Gasteiger partial charge in [-0.05, 0) is 38.5 Å². The van der Waals surface area contributed by atoms with Gasteiger partial charge in [0.15, 0.2) is 5.13 Å². The predicted molar refractivity (Wildman–Crippen MR) is 70.8 cm³/mol. The van der Waals surface area contributed by atoms with Crippen LogP contribution in [0.3, 0.4) is 0 Å². The number of aromatic nitrogens is 1. The lowest BCUT2D eigenvalue weighted by Gasteiger charge is -2.05. The third kappa shape index (κ3) is 2.45. The van der Waals surface area contributed by atoms with Crippen molar-refractivity contribution in [2.45, 2.75) is 20.8 Å². The lowest BCUT2D eigenvalue weighted by molar-refractivity contribution is 1.23. The van der Waals surface area contributed by atoms with Crippen molar-refractivity contribution < 1.29 is 0 Å². The van der Waals surface area contributed by atoms with Crippen LogP contribution in [0.5, 0.6) is 0 Å². The second-order valence-corrected chi connectivity index (χ2v) is 5.15. The molecule has 0 radical (unpaired) electrons. The van der Waals surface area contributed by atoms with Gasteiger partial charge in [-0.2, -0.15) is 5.26 Å². The van der Waals surface area contributed by atoms with Gasteiger partial charge >= 0.3 is 0 Å². The van der Waals surface area contributed by atoms with E-state index in [2.05, 4.69) is 16.4 Å². The van der Waals surface area contributed by atoms with E-state index < -0.39 is 0 Å². The van der Waals surface area contributed by atoms with E-state index in [1.807, 2.05) is 39.0 Å². The molecule has 2 rings (SSSR count). The van der Waals surface area contributed by atoms with Crippen molar-refractivity contribution in [1.29, 1.82) is 5.26 Å². The number of nitriles is 1. The molecule has 0 aliphatic heterocycles. The van der Waals surface area contributed by atoms with Crippen molar-refractivity contribution in [3.63, 3.8) is 0 Å². The van der Waals surface area contributed by atoms with Crippen molar-refractivity contribution in [1.82, 2.24) is 4.98 Å². The largest absolute Gasteiger partial charge is 0.330 e. The van der Waals surface area contributed by atoms with Crippen LogP contribution in [0.2, 0.25) is 0 Å². The predicted octanol–water partition coefficient (Wildman–Crippen LogP) is 3.68. The molecule has 17 heavy (non-hydrogen) atoms. The van der Waals surface area contributed by atoms with E-state index in [1.165, 1.54) is 4.88 Å². The lowest BCUT2D eigenvalue weighted by atomic mass is 10.1. The van der Waals surface area contributed by atoms with Gasteiger partial charge in [0.25, 0.3) is 0 Å². The van der Waals surface area contributed by atoms with Gasteiger partial charge < -0.3 is 5.32 Å². The highest BCUT2D eigenvalue weighted by atomic mass is 32.1. The van der Waals surface area contributed by atoms with Crippen molar-refractivity contribution in [3.8, 4) is 6.07 Å². The standard InChI is InChI=1S/C13H13N3S/c1-8-4-5-12(11(6-8)7-14)16-13-15-9(2)10(3)17-13/h4-6H,1-3H3,(H,15,16). The molecule has 0 spiro atoms. The zero-order chi connectivity index (χ0) is 12.4. The van der Waals surface area contributed by atoms with Crippen LogP contribution in [0.15, 0.2) is 18.2 Å². The minimum absolute atomic E-state index is 0.649. The Morgan fingerprint density at radius 2 is 2.06 bits per heavy atom. The quantitative estimate of drug-likeness (QED) is 0.875. The third-order valence-electron chi connectivity index (χ3n) is 2.57. The van der Waals surface area contributed by atoms with Crippen LogP contribution in [-0.4, -0.2) is 4.98 Å². The molecule has 0 saturated heterocycles. The molecule has 0 saturated carbocycles. The Morgan fingerprint density at radius 3 is 2.65 bits per heavy atom. The maximum Gasteiger partial charge on any atom is 0.187 e. The Hall–Kier alpha value is -1.86. The van der Waals surface area contributed by atoms with E-state index in [0.717, 1.165) is 22.1 Å². The number of aryl methyl sites for hydroxylation is 3. The summed E-state index contributed by atoms with van der Waals surface area (Å²) in [4.78, 5) is 5.59. The summed E-state index contributed by atoms with van der Waals surface area (Å²) in [6, 6.07) is 7.96. The molecule has 0 amide bonds. The second kappa shape index (κ2) is 4.56. The van der Waals surface area contributed by atoms with Crippen LogP contribution in [-0.2, 0) is 0 Å². The Labute approximate surface area is 105 Å². The van der Waals surface area contributed by atoms with Crippen LogP contribution >= 0.6 is 11.3 Å². The number of rotatable bonds is 2. The first kappa shape index (κ1) is 11.6. The van der Waals surface area contributed by atoms with Crippen LogP contribution in [0.4, 0.5) is 10.8 Å². The number of nitrogens with one attached hydrogen (secondary N) is 1. The first-order valence-corrected chi connectivity index (χ1v) is 6.13. The van der Waals surface area contributed by atoms with Crippen molar-refractivity contribution in [2.24, 2.45) is 0 Å². The summed E-state index contributed by atoms with van der Waals surface area (Å²) in [6.07, 6.45) is 0. The summed E-state index contributed by atoms with van der Waals surface area (Å²) in [5, 5.41) is 13.1. The number of benzene rings is 1. The molecule has 0 aliphatic carbocycles. The van der Waals surface area contributed by atoms with Crippen molar-refractivity contribution in [2.75, 3.05) is 5.32 Å². The Morgan fingerprint density at radius 1 is 1.29 bits per heavy atom. The summed E-state index contributed by atoms with van der Waals surface area (Å²) < 4.78 is 0. The van der Waals surface area contributed by atoms with Crippen LogP contribution in [0, 0.1) is 32.1 Å². The van der Waals surface area contributed by atoms with Crippen molar-refractivity contribution in [3.05, 3.63) is 39.9 Å². The molecule has 86 valence electrons. The smallest absolute Gasteiger partial charge is 0.187 e. The van der Waals surface area contributed by atoms with Gasteiger partial charge in [-0.15, -0.1) is 11.3 Å². The van der Waals surface area contributed by atoms with Gasteiger partial charge in [-0.1, -0.05) is 6.07 Å². The number of nitrogens with zero attached hydrogens (tertiary/aromatic N) is 2. The van der Waals surface area contributed by atoms with Crippen molar-refractivity contribution >= 4 is 22.2 Å². The second-order valence-electron chi connectivity index (χ2n) is 3.95. The number of hydrogen-bond acceptors (Lipinski definition) is 4. The Balaban J connectivity index is 2.33. The lowest BCUT2D eigenvalue weighted by Crippen LogP contribution is -1.93. The van der Waals surface area contributed by atoms with E-state index in [-0.39, 0.29) is 0 Å². The Kier molecular flexibility index (Phi) is 3.12. The van der Waals surface area contributed by atoms with Gasteiger partial charge in [-0.3, -0.25) is 0 Å². The monoisotopic (exact) mass is 243 g/mol. The van der Waals surface area contributed by atoms with Crippen LogP contribution in [0.25, 0.3) is 0 Å². The van der Waals surface area contributed by atoms with Gasteiger partial charge in [0, 0.05) is 4.88 Å². The molecule has 0 fully saturated rings. The molecule has 4 heteroatoms. The van der Waals surface area contributed by atoms with E-state index in [0.29, 0.717) is 5.56 Å². The van der Waals surface area contributed by atoms with Gasteiger partial charge in [0.2, 0.25) is 0 Å². The molecule has 0 unspecified atom stereocenters. The van der Waals surface area contributed by atoms with E-state index in [9.17, 15) is 0 Å². The molecule has 1 aromatic carbocycles. The van der Waals surface area contributed by atoms with Gasteiger partial charge in [0.05, 0.1) is 16.9 Å². The van der Waals surface area contributed by atoms with E-state index in [4.69, 9.17) is 5.26 Å². The zero-order valence-electron chi connectivity index (χ0n) is 10.0. The minimum atomic E-state index is 0.649. The van der Waals surface area contributed by atoms with E-state index in [1.54, 1.807) is 11.3 Å². The molecule has 0 bridgehead atoms. The number of hydrogen-bond donors (Lipinski definition) is 1. The minimum Gasteiger partial charge on any atom is -0.330 e. The highest BCUT2D eigenvalue weighted by Crippen LogP contribution is 2.26. The molecule has 2 aromatic rings. The summed E-state index contributed by atoms with van der Waals surface area (Å²) in [5.74, 6) is 0. The molecule has 1 N–H and O–H groups in total. The average molecular weight is 243 g/mol. The number of thiazole rings is 1. The van der Waals surface area contributed by atoms with Gasteiger partial charge in [0.1, 0.15) is 6.07 Å².